The molecule has 0 unspecified atom stereocenters. The van der Waals surface area contributed by atoms with Gasteiger partial charge in [0.2, 0.25) is 0 Å². The van der Waals surface area contributed by atoms with E-state index in [0.717, 1.165) is 11.4 Å². The van der Waals surface area contributed by atoms with Crippen LogP contribution >= 0.6 is 16.1 Å². The number of rotatable bonds is 2. The quantitative estimate of drug-likeness (QED) is 0.787. The third kappa shape index (κ3) is 1.78. The number of halogens is 1. The van der Waals surface area contributed by atoms with Gasteiger partial charge in [0.05, 0.1) is 11.4 Å². The van der Waals surface area contributed by atoms with E-state index in [4.69, 9.17) is 0 Å². The molecule has 2 nitrogen and oxygen atoms in total. The topological polar surface area (TPSA) is 24.9 Å². The van der Waals surface area contributed by atoms with Crippen LogP contribution < -0.4 is 4.34 Å². The Bertz CT molecular complexity index is 271. The molecule has 0 saturated heterocycles. The Hall–Kier alpha value is -0.570. The number of hydrogen-bond acceptors (Lipinski definition) is 2. The van der Waals surface area contributed by atoms with Crippen LogP contribution in [-0.4, -0.2) is 4.98 Å². The van der Waals surface area contributed by atoms with Gasteiger partial charge in [0.15, 0.2) is 0 Å². The Morgan fingerprint density at radius 2 is 2.17 bits per heavy atom. The van der Waals surface area contributed by atoms with Crippen molar-refractivity contribution in [3.8, 4) is 0 Å². The first-order valence-corrected chi connectivity index (χ1v) is 4.78. The van der Waals surface area contributed by atoms with E-state index in [1.54, 1.807) is 0 Å². The Labute approximate surface area is 81.7 Å². The summed E-state index contributed by atoms with van der Waals surface area (Å²) in [4.78, 5) is 4.32. The van der Waals surface area contributed by atoms with Crippen molar-refractivity contribution in [2.75, 3.05) is 4.34 Å². The summed E-state index contributed by atoms with van der Waals surface area (Å²) in [5.41, 5.74) is 3.41. The molecule has 12 heavy (non-hydrogen) atoms. The summed E-state index contributed by atoms with van der Waals surface area (Å²) in [7, 11) is 0. The molecule has 0 radical (unpaired) electrons. The van der Waals surface area contributed by atoms with Crippen LogP contribution in [-0.2, 0) is 0 Å². The Morgan fingerprint density at radius 3 is 2.58 bits per heavy atom. The molecule has 0 spiro atoms. The second-order valence-electron chi connectivity index (χ2n) is 3.14. The molecule has 0 fully saturated rings. The fourth-order valence-corrected chi connectivity index (χ4v) is 1.66. The van der Waals surface area contributed by atoms with E-state index in [0.29, 0.717) is 5.92 Å². The van der Waals surface area contributed by atoms with Crippen LogP contribution in [0.5, 0.6) is 0 Å². The van der Waals surface area contributed by atoms with Crippen molar-refractivity contribution in [2.45, 2.75) is 26.7 Å². The molecule has 0 amide bonds. The number of aryl methyl sites for hydroxylation is 1. The lowest BCUT2D eigenvalue weighted by molar-refractivity contribution is 0.825. The summed E-state index contributed by atoms with van der Waals surface area (Å²) in [6.45, 7) is 6.34. The maximum absolute atomic E-state index is 4.32. The lowest BCUT2D eigenvalue weighted by Gasteiger charge is -2.11. The molecule has 1 heterocycles. The van der Waals surface area contributed by atoms with Crippen LogP contribution in [0.4, 0.5) is 5.69 Å². The Balaban J connectivity index is 3.18. The molecule has 1 N–H and O–H groups in total. The molecule has 0 aliphatic heterocycles. The second kappa shape index (κ2) is 3.90. The largest absolute Gasteiger partial charge is 0.320 e. The second-order valence-corrected chi connectivity index (χ2v) is 3.53. The van der Waals surface area contributed by atoms with Crippen molar-refractivity contribution >= 4 is 21.8 Å². The third-order valence-corrected chi connectivity index (χ3v) is 2.23. The third-order valence-electron chi connectivity index (χ3n) is 1.83. The summed E-state index contributed by atoms with van der Waals surface area (Å²) in [5, 5.41) is 0. The van der Waals surface area contributed by atoms with Gasteiger partial charge in [-0.25, -0.2) is 0 Å². The zero-order valence-corrected chi connectivity index (χ0v) is 9.14. The number of aromatic nitrogens is 1. The van der Waals surface area contributed by atoms with Gasteiger partial charge in [-0.2, -0.15) is 0 Å². The summed E-state index contributed by atoms with van der Waals surface area (Å²) in [6.07, 6.45) is 1.85. The fraction of sp³-hybridized carbons (Fsp3) is 0.444. The highest BCUT2D eigenvalue weighted by molar-refractivity contribution is 9.10. The van der Waals surface area contributed by atoms with Gasteiger partial charge in [-0.05, 0) is 24.5 Å². The molecule has 0 aromatic carbocycles. The molecule has 1 aromatic heterocycles. The molecule has 1 rings (SSSR count). The minimum atomic E-state index is 0.449. The van der Waals surface area contributed by atoms with Crippen LogP contribution in [0.3, 0.4) is 0 Å². The molecule has 1 aromatic rings. The Kier molecular flexibility index (Phi) is 3.09. The van der Waals surface area contributed by atoms with E-state index >= 15 is 0 Å². The molecule has 0 aliphatic rings. The highest BCUT2D eigenvalue weighted by Crippen LogP contribution is 2.25. The average molecular weight is 229 g/mol. The molecule has 66 valence electrons. The minimum absolute atomic E-state index is 0.449. The van der Waals surface area contributed by atoms with E-state index in [-0.39, 0.29) is 0 Å². The Morgan fingerprint density at radius 1 is 1.50 bits per heavy atom. The lowest BCUT2D eigenvalue weighted by atomic mass is 10.1. The van der Waals surface area contributed by atoms with Gasteiger partial charge in [-0.15, -0.1) is 0 Å². The molecular weight excluding hydrogens is 216 g/mol. The zero-order valence-electron chi connectivity index (χ0n) is 7.56. The van der Waals surface area contributed by atoms with Crippen molar-refractivity contribution in [2.24, 2.45) is 0 Å². The van der Waals surface area contributed by atoms with Crippen LogP contribution in [0.25, 0.3) is 0 Å². The monoisotopic (exact) mass is 228 g/mol. The minimum Gasteiger partial charge on any atom is -0.320 e. The van der Waals surface area contributed by atoms with Crippen molar-refractivity contribution in [1.82, 2.24) is 4.98 Å². The van der Waals surface area contributed by atoms with E-state index in [9.17, 15) is 0 Å². The van der Waals surface area contributed by atoms with Gasteiger partial charge >= 0.3 is 0 Å². The maximum atomic E-state index is 4.32. The predicted octanol–water partition coefficient (Wildman–Crippen LogP) is 3.24. The van der Waals surface area contributed by atoms with E-state index in [1.807, 2.05) is 12.3 Å². The number of pyridine rings is 1. The van der Waals surface area contributed by atoms with Gasteiger partial charge in [-0.1, -0.05) is 13.8 Å². The van der Waals surface area contributed by atoms with E-state index < -0.39 is 0 Å². The lowest BCUT2D eigenvalue weighted by Crippen LogP contribution is -1.98. The van der Waals surface area contributed by atoms with Crippen LogP contribution in [0.2, 0.25) is 0 Å². The highest BCUT2D eigenvalue weighted by atomic mass is 79.9. The molecule has 0 aliphatic carbocycles. The smallest absolute Gasteiger partial charge is 0.0690 e. The summed E-state index contributed by atoms with van der Waals surface area (Å²) in [5.74, 6) is 0.449. The normalized spacial score (nSPS) is 10.4. The van der Waals surface area contributed by atoms with Crippen molar-refractivity contribution < 1.29 is 0 Å². The van der Waals surface area contributed by atoms with Gasteiger partial charge in [-0.3, -0.25) is 4.98 Å². The first-order valence-electron chi connectivity index (χ1n) is 3.99. The summed E-state index contributed by atoms with van der Waals surface area (Å²) < 4.78 is 3.00. The molecule has 0 bridgehead atoms. The zero-order chi connectivity index (χ0) is 9.14. The van der Waals surface area contributed by atoms with E-state index in [2.05, 4.69) is 46.2 Å². The van der Waals surface area contributed by atoms with Gasteiger partial charge in [0, 0.05) is 22.3 Å². The van der Waals surface area contributed by atoms with Crippen molar-refractivity contribution in [3.05, 3.63) is 23.5 Å². The van der Waals surface area contributed by atoms with Crippen LogP contribution in [0.1, 0.15) is 31.0 Å². The SMILES string of the molecule is Cc1ccnc(C(C)C)c1NBr. The van der Waals surface area contributed by atoms with Gasteiger partial charge in [0.1, 0.15) is 0 Å². The van der Waals surface area contributed by atoms with Gasteiger partial charge in [0.25, 0.3) is 0 Å². The maximum Gasteiger partial charge on any atom is 0.0690 e. The molecule has 0 saturated carbocycles. The first kappa shape index (κ1) is 9.52. The number of nitrogens with zero attached hydrogens (tertiary/aromatic N) is 1. The summed E-state index contributed by atoms with van der Waals surface area (Å²) in [6, 6.07) is 2.00. The highest BCUT2D eigenvalue weighted by Gasteiger charge is 2.08. The summed E-state index contributed by atoms with van der Waals surface area (Å²) >= 11 is 3.24. The first-order chi connectivity index (χ1) is 5.66. The standard InChI is InChI=1S/C9H13BrN2/c1-6(2)8-9(12-10)7(3)4-5-11-8/h4-6,12H,1-3H3. The van der Waals surface area contributed by atoms with Crippen LogP contribution in [0, 0.1) is 6.92 Å². The van der Waals surface area contributed by atoms with Crippen molar-refractivity contribution in [3.63, 3.8) is 0 Å². The predicted molar refractivity (Wildman–Crippen MR) is 55.6 cm³/mol. The average Bonchev–Trinajstić information content (AvgIpc) is 2.03. The molecule has 0 atom stereocenters. The van der Waals surface area contributed by atoms with Crippen molar-refractivity contribution in [1.29, 1.82) is 0 Å². The number of anilines is 1. The molecular formula is C9H13BrN2. The van der Waals surface area contributed by atoms with E-state index in [1.165, 1.54) is 5.56 Å². The fourth-order valence-electron chi connectivity index (χ4n) is 1.14. The van der Waals surface area contributed by atoms with Crippen LogP contribution in [0.15, 0.2) is 12.3 Å². The molecule has 3 heteroatoms. The van der Waals surface area contributed by atoms with Gasteiger partial charge < -0.3 is 4.34 Å². The number of hydrogen-bond donors (Lipinski definition) is 1. The number of nitrogens with one attached hydrogen (secondary N) is 1.